The average molecular weight is 147 g/mol. The molecule has 0 aromatic carbocycles. The first-order valence-corrected chi connectivity index (χ1v) is 2.95. The monoisotopic (exact) mass is 147 g/mol. The van der Waals surface area contributed by atoms with E-state index in [1.807, 2.05) is 0 Å². The lowest BCUT2D eigenvalue weighted by Crippen LogP contribution is -2.08. The van der Waals surface area contributed by atoms with Crippen molar-refractivity contribution in [3.63, 3.8) is 0 Å². The largest absolute Gasteiger partial charge is 0.327 e. The third-order valence-corrected chi connectivity index (χ3v) is 1.01. The number of rotatable bonds is 1. The van der Waals surface area contributed by atoms with Crippen molar-refractivity contribution in [2.75, 3.05) is 5.32 Å². The Kier molecular flexibility index (Phi) is 2.18. The Morgan fingerprint density at radius 1 is 1.64 bits per heavy atom. The predicted octanol–water partition coefficient (Wildman–Crippen LogP) is 0.544. The van der Waals surface area contributed by atoms with E-state index in [2.05, 4.69) is 10.3 Å². The van der Waals surface area contributed by atoms with E-state index < -0.39 is 5.91 Å². The van der Waals surface area contributed by atoms with Crippen molar-refractivity contribution in [3.05, 3.63) is 24.4 Å². The van der Waals surface area contributed by atoms with Crippen LogP contribution in [0, 0.1) is 11.3 Å². The third-order valence-electron chi connectivity index (χ3n) is 1.01. The van der Waals surface area contributed by atoms with E-state index in [0.29, 0.717) is 5.82 Å². The van der Waals surface area contributed by atoms with Crippen LogP contribution in [0.15, 0.2) is 24.4 Å². The van der Waals surface area contributed by atoms with E-state index in [1.54, 1.807) is 18.2 Å². The van der Waals surface area contributed by atoms with Crippen molar-refractivity contribution in [2.24, 2.45) is 0 Å². The van der Waals surface area contributed by atoms with E-state index in [1.165, 1.54) is 12.3 Å². The van der Waals surface area contributed by atoms with Crippen molar-refractivity contribution >= 4 is 11.7 Å². The Bertz CT molecular complexity index is 288. The Balaban J connectivity index is 2.67. The fourth-order valence-electron chi connectivity index (χ4n) is 0.581. The van der Waals surface area contributed by atoms with Crippen LogP contribution in [0.1, 0.15) is 0 Å². The number of hydrogen-bond acceptors (Lipinski definition) is 3. The summed E-state index contributed by atoms with van der Waals surface area (Å²) in [6.07, 6.45) is 1.53. The third kappa shape index (κ3) is 2.06. The van der Waals surface area contributed by atoms with E-state index in [-0.39, 0.29) is 0 Å². The molecule has 0 saturated carbocycles. The molecular formula is C7H5N3O. The summed E-state index contributed by atoms with van der Waals surface area (Å²) in [7, 11) is 0. The number of pyridine rings is 1. The first-order valence-electron chi connectivity index (χ1n) is 2.95. The molecule has 0 aliphatic carbocycles. The smallest absolute Gasteiger partial charge is 0.298 e. The second-order valence-corrected chi connectivity index (χ2v) is 1.78. The second-order valence-electron chi connectivity index (χ2n) is 1.78. The fraction of sp³-hybridized carbons (Fsp3) is 0. The summed E-state index contributed by atoms with van der Waals surface area (Å²) in [6, 6.07) is 6.48. The molecule has 1 rings (SSSR count). The Hall–Kier alpha value is -1.89. The number of anilines is 1. The van der Waals surface area contributed by atoms with Crippen LogP contribution in [0.2, 0.25) is 0 Å². The summed E-state index contributed by atoms with van der Waals surface area (Å²) in [5.74, 6) is -0.317. The number of carbonyl (C=O) groups excluding carboxylic acids is 1. The van der Waals surface area contributed by atoms with E-state index >= 15 is 0 Å². The van der Waals surface area contributed by atoms with Gasteiger partial charge >= 0.3 is 5.91 Å². The molecule has 1 N–H and O–H groups in total. The van der Waals surface area contributed by atoms with Crippen LogP contribution in [0.25, 0.3) is 0 Å². The van der Waals surface area contributed by atoms with Gasteiger partial charge in [-0.25, -0.2) is 4.98 Å². The van der Waals surface area contributed by atoms with Gasteiger partial charge in [-0.1, -0.05) is 6.07 Å². The van der Waals surface area contributed by atoms with E-state index in [0.717, 1.165) is 0 Å². The van der Waals surface area contributed by atoms with Crippen LogP contribution in [0.3, 0.4) is 0 Å². The van der Waals surface area contributed by atoms with Gasteiger partial charge in [0.15, 0.2) is 6.07 Å². The zero-order chi connectivity index (χ0) is 8.10. The number of amides is 1. The molecule has 0 bridgehead atoms. The lowest BCUT2D eigenvalue weighted by molar-refractivity contribution is -0.111. The topological polar surface area (TPSA) is 65.8 Å². The molecule has 0 fully saturated rings. The SMILES string of the molecule is N#CC(=O)Nc1ccccn1. The molecule has 0 unspecified atom stereocenters. The van der Waals surface area contributed by atoms with Crippen LogP contribution in [-0.4, -0.2) is 10.9 Å². The van der Waals surface area contributed by atoms with Crippen LogP contribution in [0.4, 0.5) is 5.82 Å². The lowest BCUT2D eigenvalue weighted by Gasteiger charge is -1.95. The Labute approximate surface area is 63.5 Å². The number of aromatic nitrogens is 1. The molecule has 1 amide bonds. The first-order chi connectivity index (χ1) is 5.33. The standard InChI is InChI=1S/C7H5N3O/c8-5-7(11)10-6-3-1-2-4-9-6/h1-4H,(H,9,10,11). The van der Waals surface area contributed by atoms with Crippen molar-refractivity contribution in [3.8, 4) is 6.07 Å². The quantitative estimate of drug-likeness (QED) is 0.589. The van der Waals surface area contributed by atoms with Crippen LogP contribution >= 0.6 is 0 Å². The molecule has 1 heterocycles. The number of carbonyl (C=O) groups is 1. The summed E-state index contributed by atoms with van der Waals surface area (Å²) in [6.45, 7) is 0. The predicted molar refractivity (Wildman–Crippen MR) is 38.5 cm³/mol. The van der Waals surface area contributed by atoms with Gasteiger partial charge in [0.2, 0.25) is 0 Å². The van der Waals surface area contributed by atoms with Crippen LogP contribution in [-0.2, 0) is 4.79 Å². The molecular weight excluding hydrogens is 142 g/mol. The summed E-state index contributed by atoms with van der Waals surface area (Å²) < 4.78 is 0. The molecule has 0 spiro atoms. The van der Waals surface area contributed by atoms with Crippen LogP contribution < -0.4 is 5.32 Å². The number of nitriles is 1. The summed E-state index contributed by atoms with van der Waals surface area (Å²) >= 11 is 0. The molecule has 11 heavy (non-hydrogen) atoms. The highest BCUT2D eigenvalue weighted by Crippen LogP contribution is 1.98. The maximum atomic E-state index is 10.5. The zero-order valence-corrected chi connectivity index (χ0v) is 5.61. The molecule has 0 aliphatic heterocycles. The molecule has 4 heteroatoms. The van der Waals surface area contributed by atoms with Gasteiger partial charge in [0.05, 0.1) is 0 Å². The molecule has 1 aromatic rings. The summed E-state index contributed by atoms with van der Waals surface area (Å²) in [5.41, 5.74) is 0. The molecule has 4 nitrogen and oxygen atoms in total. The van der Waals surface area contributed by atoms with Gasteiger partial charge in [0, 0.05) is 6.20 Å². The number of hydrogen-bond donors (Lipinski definition) is 1. The normalized spacial score (nSPS) is 8.27. The van der Waals surface area contributed by atoms with Crippen molar-refractivity contribution in [2.45, 2.75) is 0 Å². The summed E-state index contributed by atoms with van der Waals surface area (Å²) in [4.78, 5) is 14.3. The van der Waals surface area contributed by atoms with Gasteiger partial charge in [-0.2, -0.15) is 5.26 Å². The maximum absolute atomic E-state index is 10.5. The maximum Gasteiger partial charge on any atom is 0.327 e. The highest BCUT2D eigenvalue weighted by Gasteiger charge is 1.97. The second kappa shape index (κ2) is 3.32. The molecule has 0 radical (unpaired) electrons. The van der Waals surface area contributed by atoms with Gasteiger partial charge < -0.3 is 0 Å². The Morgan fingerprint density at radius 2 is 2.45 bits per heavy atom. The Morgan fingerprint density at radius 3 is 3.00 bits per heavy atom. The molecule has 0 saturated heterocycles. The molecule has 0 atom stereocenters. The van der Waals surface area contributed by atoms with Crippen LogP contribution in [0.5, 0.6) is 0 Å². The van der Waals surface area contributed by atoms with Crippen molar-refractivity contribution < 1.29 is 4.79 Å². The van der Waals surface area contributed by atoms with Gasteiger partial charge in [-0.15, -0.1) is 0 Å². The van der Waals surface area contributed by atoms with E-state index in [4.69, 9.17) is 5.26 Å². The number of nitrogens with one attached hydrogen (secondary N) is 1. The number of nitrogens with zero attached hydrogens (tertiary/aromatic N) is 2. The molecule has 0 aliphatic rings. The minimum atomic E-state index is -0.705. The zero-order valence-electron chi connectivity index (χ0n) is 5.61. The van der Waals surface area contributed by atoms with Gasteiger partial charge in [-0.3, -0.25) is 10.1 Å². The van der Waals surface area contributed by atoms with Gasteiger partial charge in [0.1, 0.15) is 5.82 Å². The molecule has 54 valence electrons. The van der Waals surface area contributed by atoms with Crippen molar-refractivity contribution in [1.82, 2.24) is 4.98 Å². The van der Waals surface area contributed by atoms with Gasteiger partial charge in [0.25, 0.3) is 0 Å². The van der Waals surface area contributed by atoms with Gasteiger partial charge in [-0.05, 0) is 12.1 Å². The molecule has 1 aromatic heterocycles. The minimum Gasteiger partial charge on any atom is -0.298 e. The van der Waals surface area contributed by atoms with Crippen molar-refractivity contribution in [1.29, 1.82) is 5.26 Å². The summed E-state index contributed by atoms with van der Waals surface area (Å²) in [5, 5.41) is 10.4. The fourth-order valence-corrected chi connectivity index (χ4v) is 0.581. The minimum absolute atomic E-state index is 0.388. The average Bonchev–Trinajstić information content (AvgIpc) is 2.06. The lowest BCUT2D eigenvalue weighted by atomic mass is 10.4. The highest BCUT2D eigenvalue weighted by molar-refractivity contribution is 6.01. The first kappa shape index (κ1) is 7.22. The van der Waals surface area contributed by atoms with E-state index in [9.17, 15) is 4.79 Å². The highest BCUT2D eigenvalue weighted by atomic mass is 16.1.